The van der Waals surface area contributed by atoms with Gasteiger partial charge in [0.2, 0.25) is 0 Å². The molecular weight excluding hydrogens is 456 g/mol. The molecule has 1 fully saturated rings. The van der Waals surface area contributed by atoms with Crippen LogP contribution in [0.3, 0.4) is 0 Å². The predicted octanol–water partition coefficient (Wildman–Crippen LogP) is 5.32. The van der Waals surface area contributed by atoms with E-state index >= 15 is 0 Å². The number of anilines is 1. The Morgan fingerprint density at radius 3 is 2.47 bits per heavy atom. The molecule has 192 valence electrons. The molecule has 1 aromatic heterocycles. The monoisotopic (exact) mass is 492 g/mol. The number of piperidine rings is 1. The van der Waals surface area contributed by atoms with Crippen molar-refractivity contribution in [2.24, 2.45) is 5.92 Å². The van der Waals surface area contributed by atoms with Gasteiger partial charge in [-0.25, -0.2) is 14.8 Å². The third-order valence-electron chi connectivity index (χ3n) is 6.23. The number of benzene rings is 2. The zero-order valence-corrected chi connectivity index (χ0v) is 21.6. The third-order valence-corrected chi connectivity index (χ3v) is 6.23. The molecule has 1 amide bonds. The van der Waals surface area contributed by atoms with Crippen LogP contribution < -0.4 is 14.8 Å². The number of amides is 1. The zero-order valence-electron chi connectivity index (χ0n) is 21.6. The molecule has 0 radical (unpaired) electrons. The van der Waals surface area contributed by atoms with Gasteiger partial charge in [0, 0.05) is 31.1 Å². The first kappa shape index (κ1) is 25.5. The highest BCUT2D eigenvalue weighted by molar-refractivity contribution is 5.89. The van der Waals surface area contributed by atoms with E-state index in [1.807, 2.05) is 51.1 Å². The average Bonchev–Trinajstić information content (AvgIpc) is 2.87. The molecular formula is C28H36N4O4. The molecule has 1 aliphatic heterocycles. The maximum Gasteiger partial charge on any atom is 0.410 e. The van der Waals surface area contributed by atoms with Gasteiger partial charge < -0.3 is 24.4 Å². The van der Waals surface area contributed by atoms with Gasteiger partial charge in [-0.3, -0.25) is 0 Å². The lowest BCUT2D eigenvalue weighted by molar-refractivity contribution is 0.0165. The second-order valence-corrected chi connectivity index (χ2v) is 10.1. The molecule has 0 saturated carbocycles. The fraction of sp³-hybridized carbons (Fsp3) is 0.464. The molecule has 1 saturated heterocycles. The number of hydrogen-bond acceptors (Lipinski definition) is 7. The Hall–Kier alpha value is -3.55. The molecule has 0 atom stereocenters. The Kier molecular flexibility index (Phi) is 8.13. The van der Waals surface area contributed by atoms with Crippen molar-refractivity contribution in [1.29, 1.82) is 0 Å². The second-order valence-electron chi connectivity index (χ2n) is 10.1. The van der Waals surface area contributed by atoms with Crippen molar-refractivity contribution in [1.82, 2.24) is 14.9 Å². The quantitative estimate of drug-likeness (QED) is 0.455. The van der Waals surface area contributed by atoms with Crippen LogP contribution in [-0.4, -0.2) is 59.9 Å². The highest BCUT2D eigenvalue weighted by Gasteiger charge is 2.27. The number of aromatic nitrogens is 2. The van der Waals surface area contributed by atoms with Crippen LogP contribution in [0.25, 0.3) is 10.9 Å². The van der Waals surface area contributed by atoms with Crippen LogP contribution in [0, 0.1) is 5.92 Å². The summed E-state index contributed by atoms with van der Waals surface area (Å²) in [5.41, 5.74) is 1.60. The summed E-state index contributed by atoms with van der Waals surface area (Å²) in [4.78, 5) is 22.9. The Labute approximate surface area is 213 Å². The van der Waals surface area contributed by atoms with Crippen LogP contribution in [0.15, 0.2) is 48.8 Å². The van der Waals surface area contributed by atoms with Crippen LogP contribution in [-0.2, 0) is 11.2 Å². The molecule has 8 heteroatoms. The smallest absolute Gasteiger partial charge is 0.410 e. The number of hydrogen-bond donors (Lipinski definition) is 1. The minimum atomic E-state index is -0.470. The van der Waals surface area contributed by atoms with E-state index in [9.17, 15) is 4.79 Å². The number of nitrogens with one attached hydrogen (secondary N) is 1. The van der Waals surface area contributed by atoms with Gasteiger partial charge in [0.15, 0.2) is 0 Å². The van der Waals surface area contributed by atoms with E-state index in [1.165, 1.54) is 5.56 Å². The van der Waals surface area contributed by atoms with Crippen molar-refractivity contribution in [2.75, 3.05) is 38.7 Å². The van der Waals surface area contributed by atoms with Gasteiger partial charge >= 0.3 is 6.09 Å². The van der Waals surface area contributed by atoms with Crippen molar-refractivity contribution in [3.05, 3.63) is 54.4 Å². The molecule has 0 spiro atoms. The average molecular weight is 493 g/mol. The summed E-state index contributed by atoms with van der Waals surface area (Å²) in [5.74, 6) is 2.87. The van der Waals surface area contributed by atoms with Crippen LogP contribution >= 0.6 is 0 Å². The number of fused-ring (bicyclic) bond motifs is 1. The van der Waals surface area contributed by atoms with Crippen molar-refractivity contribution in [2.45, 2.75) is 45.6 Å². The lowest BCUT2D eigenvalue weighted by atomic mass is 9.98. The highest BCUT2D eigenvalue weighted by atomic mass is 16.6. The SMILES string of the molecule is COc1ccc(CCNc2ncnc3cc(OCC4CCN(C(=O)OC(C)(C)C)CC4)ccc23)cc1. The van der Waals surface area contributed by atoms with Crippen molar-refractivity contribution in [3.63, 3.8) is 0 Å². The van der Waals surface area contributed by atoms with E-state index in [4.69, 9.17) is 14.2 Å². The highest BCUT2D eigenvalue weighted by Crippen LogP contribution is 2.26. The Balaban J connectivity index is 1.27. The Morgan fingerprint density at radius 2 is 1.78 bits per heavy atom. The van der Waals surface area contributed by atoms with Gasteiger partial charge in [-0.05, 0) is 75.8 Å². The first-order valence-electron chi connectivity index (χ1n) is 12.5. The minimum Gasteiger partial charge on any atom is -0.497 e. The molecule has 0 unspecified atom stereocenters. The first-order valence-corrected chi connectivity index (χ1v) is 12.5. The van der Waals surface area contributed by atoms with Gasteiger partial charge in [0.05, 0.1) is 19.2 Å². The number of rotatable bonds is 8. The number of likely N-dealkylation sites (tertiary alicyclic amines) is 1. The number of carbonyl (C=O) groups excluding carboxylic acids is 1. The van der Waals surface area contributed by atoms with Crippen molar-refractivity contribution < 1.29 is 19.0 Å². The third kappa shape index (κ3) is 6.99. The number of carbonyl (C=O) groups is 1. The van der Waals surface area contributed by atoms with E-state index in [0.29, 0.717) is 25.6 Å². The summed E-state index contributed by atoms with van der Waals surface area (Å²) in [5, 5.41) is 4.39. The molecule has 2 aromatic carbocycles. The van der Waals surface area contributed by atoms with E-state index in [1.54, 1.807) is 18.3 Å². The Morgan fingerprint density at radius 1 is 1.06 bits per heavy atom. The molecule has 2 heterocycles. The summed E-state index contributed by atoms with van der Waals surface area (Å²) in [6.45, 7) is 8.44. The number of nitrogens with zero attached hydrogens (tertiary/aromatic N) is 3. The van der Waals surface area contributed by atoms with Crippen LogP contribution in [0.1, 0.15) is 39.2 Å². The van der Waals surface area contributed by atoms with Gasteiger partial charge in [0.1, 0.15) is 29.2 Å². The van der Waals surface area contributed by atoms with Crippen LogP contribution in [0.2, 0.25) is 0 Å². The molecule has 0 bridgehead atoms. The van der Waals surface area contributed by atoms with E-state index in [-0.39, 0.29) is 6.09 Å². The topological polar surface area (TPSA) is 85.8 Å². The maximum atomic E-state index is 12.3. The summed E-state index contributed by atoms with van der Waals surface area (Å²) >= 11 is 0. The first-order chi connectivity index (χ1) is 17.3. The molecule has 36 heavy (non-hydrogen) atoms. The molecule has 8 nitrogen and oxygen atoms in total. The number of methoxy groups -OCH3 is 1. The number of ether oxygens (including phenoxy) is 3. The maximum absolute atomic E-state index is 12.3. The van der Waals surface area contributed by atoms with Gasteiger partial charge in [-0.1, -0.05) is 12.1 Å². The Bertz CT molecular complexity index is 1150. The summed E-state index contributed by atoms with van der Waals surface area (Å²) in [6.07, 6.45) is 4.02. The summed E-state index contributed by atoms with van der Waals surface area (Å²) in [6, 6.07) is 14.0. The molecule has 1 N–H and O–H groups in total. The van der Waals surface area contributed by atoms with Gasteiger partial charge in [-0.2, -0.15) is 0 Å². The molecule has 3 aromatic rings. The van der Waals surface area contributed by atoms with Gasteiger partial charge in [-0.15, -0.1) is 0 Å². The largest absolute Gasteiger partial charge is 0.497 e. The lowest BCUT2D eigenvalue weighted by Gasteiger charge is -2.33. The lowest BCUT2D eigenvalue weighted by Crippen LogP contribution is -2.42. The fourth-order valence-corrected chi connectivity index (χ4v) is 4.21. The van der Waals surface area contributed by atoms with Crippen molar-refractivity contribution in [3.8, 4) is 11.5 Å². The van der Waals surface area contributed by atoms with Crippen LogP contribution in [0.5, 0.6) is 11.5 Å². The van der Waals surface area contributed by atoms with Gasteiger partial charge in [0.25, 0.3) is 0 Å². The normalized spacial score (nSPS) is 14.5. The van der Waals surface area contributed by atoms with Crippen LogP contribution in [0.4, 0.5) is 10.6 Å². The second kappa shape index (κ2) is 11.5. The predicted molar refractivity (Wildman–Crippen MR) is 141 cm³/mol. The fourth-order valence-electron chi connectivity index (χ4n) is 4.21. The summed E-state index contributed by atoms with van der Waals surface area (Å²) < 4.78 is 16.8. The molecule has 4 rings (SSSR count). The molecule has 0 aliphatic carbocycles. The van der Waals surface area contributed by atoms with E-state index in [0.717, 1.165) is 54.0 Å². The van der Waals surface area contributed by atoms with Crippen molar-refractivity contribution >= 4 is 22.8 Å². The molecule has 1 aliphatic rings. The zero-order chi connectivity index (χ0) is 25.5. The summed E-state index contributed by atoms with van der Waals surface area (Å²) in [7, 11) is 1.67. The standard InChI is InChI=1S/C28H36N4O4/c1-28(2,3)36-27(33)32-15-12-21(13-16-32)18-35-23-9-10-24-25(17-23)30-19-31-26(24)29-14-11-20-5-7-22(34-4)8-6-20/h5-10,17,19,21H,11-16,18H2,1-4H3,(H,29,30,31). The minimum absolute atomic E-state index is 0.232. The van der Waals surface area contributed by atoms with E-state index < -0.39 is 5.60 Å². The van der Waals surface area contributed by atoms with E-state index in [2.05, 4.69) is 27.4 Å².